The van der Waals surface area contributed by atoms with E-state index in [1.54, 1.807) is 0 Å². The maximum atomic E-state index is 2.56. The third kappa shape index (κ3) is 5.55. The summed E-state index contributed by atoms with van der Waals surface area (Å²) in [6, 6.07) is 95.2. The van der Waals surface area contributed by atoms with Crippen LogP contribution in [0.3, 0.4) is 0 Å². The molecule has 0 aliphatic rings. The van der Waals surface area contributed by atoms with Gasteiger partial charge in [-0.25, -0.2) is 0 Å². The minimum absolute atomic E-state index is 1.16. The summed E-state index contributed by atoms with van der Waals surface area (Å²) in [5.74, 6) is 0. The van der Waals surface area contributed by atoms with E-state index in [4.69, 9.17) is 0 Å². The fourth-order valence-corrected chi connectivity index (χ4v) is 12.7. The van der Waals surface area contributed by atoms with E-state index in [-0.39, 0.29) is 0 Å². The second-order valence-corrected chi connectivity index (χ2v) is 19.5. The van der Waals surface area contributed by atoms with Gasteiger partial charge in [-0.2, -0.15) is 0 Å². The van der Waals surface area contributed by atoms with Crippen LogP contribution >= 0.6 is 0 Å². The molecule has 0 aliphatic heterocycles. The third-order valence-electron chi connectivity index (χ3n) is 15.8. The van der Waals surface area contributed by atoms with Crippen molar-refractivity contribution in [1.29, 1.82) is 0 Å². The van der Waals surface area contributed by atoms with Crippen molar-refractivity contribution in [1.82, 2.24) is 9.13 Å². The van der Waals surface area contributed by atoms with E-state index >= 15 is 0 Å². The van der Waals surface area contributed by atoms with Gasteiger partial charge >= 0.3 is 0 Å². The van der Waals surface area contributed by atoms with Gasteiger partial charge < -0.3 is 9.13 Å². The minimum atomic E-state index is 1.16. The number of aromatic nitrogens is 2. The number of hydrogen-bond acceptors (Lipinski definition) is 0. The summed E-state index contributed by atoms with van der Waals surface area (Å²) in [6.45, 7) is 0. The molecule has 2 heterocycles. The molecule has 332 valence electrons. The summed E-state index contributed by atoms with van der Waals surface area (Å²) in [5, 5.41) is 22.4. The minimum Gasteiger partial charge on any atom is -0.309 e. The van der Waals surface area contributed by atoms with Gasteiger partial charge in [0.15, 0.2) is 0 Å². The van der Waals surface area contributed by atoms with E-state index in [0.717, 1.165) is 11.4 Å². The predicted molar refractivity (Wildman–Crippen MR) is 309 cm³/mol. The maximum absolute atomic E-state index is 2.56. The fraction of sp³-hybridized carbons (Fsp3) is 0. The first-order valence-corrected chi connectivity index (χ1v) is 25.0. The molecule has 0 radical (unpaired) electrons. The van der Waals surface area contributed by atoms with Crippen molar-refractivity contribution in [3.63, 3.8) is 0 Å². The van der Waals surface area contributed by atoms with Gasteiger partial charge in [0.05, 0.1) is 33.4 Å². The van der Waals surface area contributed by atoms with E-state index < -0.39 is 0 Å². The van der Waals surface area contributed by atoms with Gasteiger partial charge in [0.25, 0.3) is 0 Å². The smallest absolute Gasteiger partial charge is 0.0547 e. The Bertz CT molecular complexity index is 4670. The van der Waals surface area contributed by atoms with E-state index in [0.29, 0.717) is 0 Å². The second-order valence-electron chi connectivity index (χ2n) is 19.5. The van der Waals surface area contributed by atoms with Crippen molar-refractivity contribution in [2.75, 3.05) is 0 Å². The topological polar surface area (TPSA) is 9.86 Å². The first kappa shape index (κ1) is 39.4. The molecular formula is C70H42N2. The van der Waals surface area contributed by atoms with Gasteiger partial charge in [-0.15, -0.1) is 0 Å². The lowest BCUT2D eigenvalue weighted by Gasteiger charge is -2.19. The van der Waals surface area contributed by atoms with Crippen molar-refractivity contribution in [2.45, 2.75) is 0 Å². The Kier molecular flexibility index (Phi) is 8.20. The standard InChI is InChI=1S/C70H42N2/c1-5-21-50-43(15-1)19-13-29-52(50)47-31-35-60-66(39-47)71(62-37-33-45-17-3-7-23-54(45)69(60)62)64-41-49-42-65(57-26-10-12-28-59(57)68(49)58-27-11-9-25-56(58)64)72-63-38-34-46-18-4-8-24-55(46)70(63)61-36-32-48(40-67(61)72)53-30-14-20-44-16-2-6-22-51(44)53/h1-42H. The Hall–Kier alpha value is -9.50. The molecule has 14 aromatic carbocycles. The predicted octanol–water partition coefficient (Wildman–Crippen LogP) is 19.3. The van der Waals surface area contributed by atoms with Crippen LogP contribution in [-0.4, -0.2) is 9.13 Å². The van der Waals surface area contributed by atoms with Crippen LogP contribution in [0.15, 0.2) is 255 Å². The normalized spacial score (nSPS) is 12.2. The number of rotatable bonds is 4. The Morgan fingerprint density at radius 1 is 0.194 bits per heavy atom. The first-order valence-electron chi connectivity index (χ1n) is 25.0. The van der Waals surface area contributed by atoms with Crippen molar-refractivity contribution in [2.24, 2.45) is 0 Å². The van der Waals surface area contributed by atoms with Gasteiger partial charge in [-0.05, 0) is 123 Å². The molecule has 16 aromatic rings. The summed E-state index contributed by atoms with van der Waals surface area (Å²) >= 11 is 0. The van der Waals surface area contributed by atoms with E-state index in [1.807, 2.05) is 0 Å². The van der Waals surface area contributed by atoms with Crippen molar-refractivity contribution >= 4 is 119 Å². The summed E-state index contributed by atoms with van der Waals surface area (Å²) in [4.78, 5) is 0. The molecule has 0 amide bonds. The third-order valence-corrected chi connectivity index (χ3v) is 15.8. The Labute approximate surface area is 414 Å². The van der Waals surface area contributed by atoms with E-state index in [2.05, 4.69) is 264 Å². The lowest BCUT2D eigenvalue weighted by atomic mass is 9.93. The highest BCUT2D eigenvalue weighted by atomic mass is 15.0. The molecule has 16 rings (SSSR count). The average Bonchev–Trinajstić information content (AvgIpc) is 3.97. The lowest BCUT2D eigenvalue weighted by molar-refractivity contribution is 1.20. The highest BCUT2D eigenvalue weighted by molar-refractivity contribution is 6.28. The van der Waals surface area contributed by atoms with Crippen LogP contribution < -0.4 is 0 Å². The van der Waals surface area contributed by atoms with Crippen molar-refractivity contribution in [3.05, 3.63) is 255 Å². The number of benzene rings is 14. The zero-order valence-electron chi connectivity index (χ0n) is 39.1. The van der Waals surface area contributed by atoms with Gasteiger partial charge in [0, 0.05) is 32.3 Å². The van der Waals surface area contributed by atoms with Crippen LogP contribution in [0.5, 0.6) is 0 Å². The van der Waals surface area contributed by atoms with Crippen LogP contribution in [-0.2, 0) is 0 Å². The molecule has 0 saturated carbocycles. The molecule has 0 atom stereocenters. The van der Waals surface area contributed by atoms with Gasteiger partial charge in [0.2, 0.25) is 0 Å². The molecule has 2 nitrogen and oxygen atoms in total. The molecule has 0 fully saturated rings. The molecule has 0 bridgehead atoms. The lowest BCUT2D eigenvalue weighted by Crippen LogP contribution is -1.99. The monoisotopic (exact) mass is 910 g/mol. The molecule has 0 unspecified atom stereocenters. The second kappa shape index (κ2) is 15.0. The molecule has 0 saturated heterocycles. The molecular weight excluding hydrogens is 869 g/mol. The molecule has 2 aromatic heterocycles. The zero-order valence-corrected chi connectivity index (χ0v) is 39.1. The van der Waals surface area contributed by atoms with Crippen LogP contribution in [0, 0.1) is 0 Å². The summed E-state index contributed by atoms with van der Waals surface area (Å²) < 4.78 is 5.12. The summed E-state index contributed by atoms with van der Waals surface area (Å²) in [5.41, 5.74) is 12.0. The van der Waals surface area contributed by atoms with Gasteiger partial charge in [0.1, 0.15) is 0 Å². The van der Waals surface area contributed by atoms with Crippen LogP contribution in [0.4, 0.5) is 0 Å². The number of hydrogen-bond donors (Lipinski definition) is 0. The van der Waals surface area contributed by atoms with Gasteiger partial charge in [-0.1, -0.05) is 218 Å². The molecule has 0 N–H and O–H groups in total. The molecule has 0 spiro atoms. The summed E-state index contributed by atoms with van der Waals surface area (Å²) in [7, 11) is 0. The van der Waals surface area contributed by atoms with Crippen LogP contribution in [0.25, 0.3) is 153 Å². The van der Waals surface area contributed by atoms with E-state index in [1.165, 1.54) is 141 Å². The number of nitrogens with zero attached hydrogens (tertiary/aromatic N) is 2. The molecule has 0 aliphatic carbocycles. The molecule has 2 heteroatoms. The highest BCUT2D eigenvalue weighted by Gasteiger charge is 2.23. The summed E-state index contributed by atoms with van der Waals surface area (Å²) in [6.07, 6.45) is 0. The van der Waals surface area contributed by atoms with Crippen LogP contribution in [0.1, 0.15) is 0 Å². The van der Waals surface area contributed by atoms with Crippen molar-refractivity contribution < 1.29 is 0 Å². The first-order chi connectivity index (χ1) is 35.7. The highest BCUT2D eigenvalue weighted by Crippen LogP contribution is 2.46. The average molecular weight is 911 g/mol. The quantitative estimate of drug-likeness (QED) is 0.156. The van der Waals surface area contributed by atoms with Crippen molar-refractivity contribution in [3.8, 4) is 33.6 Å². The Morgan fingerprint density at radius 3 is 1.00 bits per heavy atom. The van der Waals surface area contributed by atoms with Crippen LogP contribution in [0.2, 0.25) is 0 Å². The largest absolute Gasteiger partial charge is 0.309 e. The number of fused-ring (bicyclic) bond motifs is 17. The molecule has 72 heavy (non-hydrogen) atoms. The van der Waals surface area contributed by atoms with E-state index in [9.17, 15) is 0 Å². The zero-order chi connectivity index (χ0) is 47.0. The van der Waals surface area contributed by atoms with Gasteiger partial charge in [-0.3, -0.25) is 0 Å². The SMILES string of the molecule is c1ccc2c(-c3ccc4c5c6ccccc6ccc5n(-c5cc6cc(-n7c8cc(-c9cccc%10ccccc9%10)ccc8c8c9ccccc9ccc87)c7ccccc7c6c6ccccc56)c4c3)cccc2c1. The maximum Gasteiger partial charge on any atom is 0.0547 e. The fourth-order valence-electron chi connectivity index (χ4n) is 12.7. The Balaban J connectivity index is 1.03. The Morgan fingerprint density at radius 2 is 0.556 bits per heavy atom.